The smallest absolute Gasteiger partial charge is 0.259 e. The minimum absolute atomic E-state index is 0.0471. The Kier molecular flexibility index (Phi) is 13.7. The summed E-state index contributed by atoms with van der Waals surface area (Å²) in [5, 5.41) is 21.4. The Hall–Kier alpha value is -7.79. The maximum Gasteiger partial charge on any atom is 0.259 e. The fourth-order valence-electron chi connectivity index (χ4n) is 7.63. The van der Waals surface area contributed by atoms with E-state index in [1.54, 1.807) is 32.3 Å². The molecule has 1 amide bonds. The molecule has 0 spiro atoms. The predicted molar refractivity (Wildman–Crippen MR) is 262 cm³/mol. The third-order valence-corrected chi connectivity index (χ3v) is 11.2. The summed E-state index contributed by atoms with van der Waals surface area (Å²) in [5.41, 5.74) is 14.7. The van der Waals surface area contributed by atoms with E-state index in [4.69, 9.17) is 34.6 Å². The van der Waals surface area contributed by atoms with Gasteiger partial charge in [0.2, 0.25) is 0 Å². The van der Waals surface area contributed by atoms with Gasteiger partial charge in [-0.25, -0.2) is 29.9 Å². The molecule has 0 aliphatic heterocycles. The number of phenolic OH excluding ortho intramolecular Hbond substituents is 2. The van der Waals surface area contributed by atoms with E-state index in [2.05, 4.69) is 64.1 Å². The Morgan fingerprint density at radius 1 is 0.409 bits per heavy atom. The van der Waals surface area contributed by atoms with Gasteiger partial charge in [-0.3, -0.25) is 4.79 Å². The van der Waals surface area contributed by atoms with Crippen molar-refractivity contribution < 1.29 is 19.7 Å². The van der Waals surface area contributed by atoms with E-state index in [1.807, 2.05) is 83.1 Å². The van der Waals surface area contributed by atoms with Crippen molar-refractivity contribution in [2.24, 2.45) is 0 Å². The molecule has 334 valence electrons. The number of carbonyl (C=O) groups excluding carboxylic acids is 1. The predicted octanol–water partition coefficient (Wildman–Crippen LogP) is 11.4. The topological polar surface area (TPSA) is 147 Å². The van der Waals surface area contributed by atoms with Crippen LogP contribution in [0.15, 0.2) is 109 Å². The molecule has 0 fully saturated rings. The second-order valence-corrected chi connectivity index (χ2v) is 17.2. The minimum Gasteiger partial charge on any atom is -0.507 e. The molecule has 6 aromatic carbocycles. The highest BCUT2D eigenvalue weighted by molar-refractivity contribution is 5.77. The van der Waals surface area contributed by atoms with Gasteiger partial charge in [0.05, 0.1) is 11.1 Å². The Bertz CT molecular complexity index is 2890. The zero-order chi connectivity index (χ0) is 47.4. The van der Waals surface area contributed by atoms with Crippen LogP contribution in [0, 0.1) is 62.3 Å². The second kappa shape index (κ2) is 19.5. The lowest BCUT2D eigenvalue weighted by Gasteiger charge is -2.14. The summed E-state index contributed by atoms with van der Waals surface area (Å²) in [5.74, 6) is 3.41. The van der Waals surface area contributed by atoms with Crippen LogP contribution < -0.4 is 4.74 Å². The van der Waals surface area contributed by atoms with Crippen LogP contribution in [0.2, 0.25) is 0 Å². The molecule has 0 aliphatic rings. The van der Waals surface area contributed by atoms with Crippen LogP contribution in [0.4, 0.5) is 0 Å². The zero-order valence-corrected chi connectivity index (χ0v) is 39.4. The standard InChI is InChI=1S/C29H30N4O3.C26H25N3O/c1-17-7-10-22(19(3)13-17)27-30-28(23-11-8-18(2)14-20(23)4)32-29(31-27)24-12-9-21(15-25(24)34)36-16-26(35)33(5)6;1-15-6-9-20(18(4)12-15)24-27-25(21-10-7-16(2)13-19(21)5)29-26(28-24)22-11-8-17(3)14-23(22)30/h7-15,34H,16H2,1-6H3;6-14,30H,1-5H3. The lowest BCUT2D eigenvalue weighted by Crippen LogP contribution is -2.27. The summed E-state index contributed by atoms with van der Waals surface area (Å²) < 4.78 is 5.54. The van der Waals surface area contributed by atoms with Gasteiger partial charge in [0.25, 0.3) is 5.91 Å². The number of nitrogens with zero attached hydrogens (tertiary/aromatic N) is 7. The van der Waals surface area contributed by atoms with E-state index in [0.29, 0.717) is 51.8 Å². The SMILES string of the molecule is Cc1ccc(-c2nc(-c3ccc(C)cc3C)nc(-c3ccc(C)cc3O)n2)c(C)c1.Cc1ccc(-c2nc(-c3ccc(C)cc3C)nc(-c3ccc(OCC(=O)N(C)C)cc3O)n2)c(C)c1. The van der Waals surface area contributed by atoms with Crippen LogP contribution in [-0.4, -0.2) is 71.6 Å². The number of benzene rings is 6. The van der Waals surface area contributed by atoms with Gasteiger partial charge in [0.1, 0.15) is 17.2 Å². The number of aromatic nitrogens is 6. The maximum absolute atomic E-state index is 11.8. The average molecular weight is 878 g/mol. The van der Waals surface area contributed by atoms with E-state index in [9.17, 15) is 15.0 Å². The van der Waals surface area contributed by atoms with Gasteiger partial charge in [-0.05, 0) is 114 Å². The molecule has 0 aliphatic carbocycles. The molecule has 66 heavy (non-hydrogen) atoms. The first kappa shape index (κ1) is 46.2. The summed E-state index contributed by atoms with van der Waals surface area (Å²) in [7, 11) is 3.32. The molecule has 2 heterocycles. The molecule has 0 radical (unpaired) electrons. The first-order valence-electron chi connectivity index (χ1n) is 21.7. The number of hydrogen-bond donors (Lipinski definition) is 2. The molecule has 0 saturated heterocycles. The normalized spacial score (nSPS) is 10.9. The van der Waals surface area contributed by atoms with Crippen LogP contribution in [0.25, 0.3) is 68.3 Å². The van der Waals surface area contributed by atoms with Gasteiger partial charge in [0, 0.05) is 42.4 Å². The first-order valence-corrected chi connectivity index (χ1v) is 21.7. The van der Waals surface area contributed by atoms with Crippen molar-refractivity contribution in [3.8, 4) is 85.6 Å². The summed E-state index contributed by atoms with van der Waals surface area (Å²) in [4.78, 5) is 41.9. The van der Waals surface area contributed by atoms with Gasteiger partial charge in [-0.15, -0.1) is 0 Å². The Balaban J connectivity index is 0.000000199. The third kappa shape index (κ3) is 10.6. The summed E-state index contributed by atoms with van der Waals surface area (Å²) in [6.07, 6.45) is 0. The molecule has 8 rings (SSSR count). The molecule has 0 saturated carbocycles. The maximum atomic E-state index is 11.8. The van der Waals surface area contributed by atoms with Gasteiger partial charge in [-0.1, -0.05) is 101 Å². The number of rotatable bonds is 9. The first-order chi connectivity index (χ1) is 31.4. The molecule has 0 unspecified atom stereocenters. The molecule has 8 aromatic rings. The van der Waals surface area contributed by atoms with Crippen LogP contribution in [0.5, 0.6) is 17.2 Å². The number of amides is 1. The molecule has 0 bridgehead atoms. The molecular weight excluding hydrogens is 823 g/mol. The fraction of sp³-hybridized carbons (Fsp3) is 0.218. The van der Waals surface area contributed by atoms with Gasteiger partial charge >= 0.3 is 0 Å². The fourth-order valence-corrected chi connectivity index (χ4v) is 7.63. The summed E-state index contributed by atoms with van der Waals surface area (Å²) in [6, 6.07) is 35.1. The van der Waals surface area contributed by atoms with E-state index >= 15 is 0 Å². The number of aromatic hydroxyl groups is 2. The quantitative estimate of drug-likeness (QED) is 0.144. The second-order valence-electron chi connectivity index (χ2n) is 17.2. The monoisotopic (exact) mass is 877 g/mol. The number of carbonyl (C=O) groups is 1. The number of phenols is 2. The molecule has 11 nitrogen and oxygen atoms in total. The molecule has 0 atom stereocenters. The van der Waals surface area contributed by atoms with E-state index in [-0.39, 0.29) is 24.0 Å². The largest absolute Gasteiger partial charge is 0.507 e. The molecule has 2 N–H and O–H groups in total. The number of hydrogen-bond acceptors (Lipinski definition) is 10. The number of likely N-dealkylation sites (N-methyl/N-ethyl adjacent to an activating group) is 1. The minimum atomic E-state index is -0.174. The summed E-state index contributed by atoms with van der Waals surface area (Å²) >= 11 is 0. The van der Waals surface area contributed by atoms with E-state index in [1.165, 1.54) is 22.1 Å². The van der Waals surface area contributed by atoms with Crippen molar-refractivity contribution in [3.05, 3.63) is 159 Å². The Labute approximate surface area is 387 Å². The lowest BCUT2D eigenvalue weighted by molar-refractivity contribution is -0.130. The third-order valence-electron chi connectivity index (χ3n) is 11.2. The van der Waals surface area contributed by atoms with E-state index in [0.717, 1.165) is 61.2 Å². The van der Waals surface area contributed by atoms with Gasteiger partial charge in [-0.2, -0.15) is 0 Å². The van der Waals surface area contributed by atoms with Crippen molar-refractivity contribution in [3.63, 3.8) is 0 Å². The van der Waals surface area contributed by atoms with Crippen LogP contribution in [0.1, 0.15) is 50.1 Å². The lowest BCUT2D eigenvalue weighted by atomic mass is 10.0. The molecular formula is C55H55N7O4. The van der Waals surface area contributed by atoms with Crippen molar-refractivity contribution in [1.29, 1.82) is 0 Å². The van der Waals surface area contributed by atoms with Crippen LogP contribution >= 0.6 is 0 Å². The summed E-state index contributed by atoms with van der Waals surface area (Å²) in [6.45, 7) is 18.2. The average Bonchev–Trinajstić information content (AvgIpc) is 3.25. The van der Waals surface area contributed by atoms with E-state index < -0.39 is 0 Å². The van der Waals surface area contributed by atoms with Crippen molar-refractivity contribution in [1.82, 2.24) is 34.8 Å². The zero-order valence-electron chi connectivity index (χ0n) is 39.4. The Morgan fingerprint density at radius 2 is 0.682 bits per heavy atom. The molecule has 11 heteroatoms. The van der Waals surface area contributed by atoms with Crippen molar-refractivity contribution >= 4 is 5.91 Å². The van der Waals surface area contributed by atoms with Crippen LogP contribution in [-0.2, 0) is 4.79 Å². The highest BCUT2D eigenvalue weighted by Crippen LogP contribution is 2.35. The van der Waals surface area contributed by atoms with Gasteiger partial charge in [0.15, 0.2) is 41.6 Å². The van der Waals surface area contributed by atoms with Crippen LogP contribution in [0.3, 0.4) is 0 Å². The van der Waals surface area contributed by atoms with Gasteiger partial charge < -0.3 is 19.8 Å². The van der Waals surface area contributed by atoms with Crippen molar-refractivity contribution in [2.45, 2.75) is 62.3 Å². The number of aryl methyl sites for hydroxylation is 9. The molecule has 2 aromatic heterocycles. The van der Waals surface area contributed by atoms with Crippen molar-refractivity contribution in [2.75, 3.05) is 20.7 Å². The number of ether oxygens (including phenoxy) is 1. The Morgan fingerprint density at radius 3 is 0.970 bits per heavy atom. The highest BCUT2D eigenvalue weighted by Gasteiger charge is 2.19. The highest BCUT2D eigenvalue weighted by atomic mass is 16.5.